The molecule has 0 fully saturated rings. The topological polar surface area (TPSA) is 77.0 Å². The van der Waals surface area contributed by atoms with Crippen molar-refractivity contribution in [2.75, 3.05) is 7.05 Å². The van der Waals surface area contributed by atoms with Gasteiger partial charge in [-0.25, -0.2) is 4.68 Å². The predicted octanol–water partition coefficient (Wildman–Crippen LogP) is 1.02. The molecule has 0 radical (unpaired) electrons. The highest BCUT2D eigenvalue weighted by Gasteiger charge is 2.12. The van der Waals surface area contributed by atoms with Crippen molar-refractivity contribution in [2.24, 2.45) is 5.73 Å². The number of hydrogen-bond acceptors (Lipinski definition) is 5. The van der Waals surface area contributed by atoms with Crippen LogP contribution in [0.15, 0.2) is 23.7 Å². The lowest BCUT2D eigenvalue weighted by molar-refractivity contribution is -0.131. The Bertz CT molecular complexity index is 534. The Hall–Kier alpha value is -1.73. The highest BCUT2D eigenvalue weighted by Crippen LogP contribution is 2.11. The van der Waals surface area contributed by atoms with Crippen molar-refractivity contribution < 1.29 is 4.79 Å². The minimum atomic E-state index is -0.173. The van der Waals surface area contributed by atoms with Gasteiger partial charge in [-0.3, -0.25) is 4.79 Å². The lowest BCUT2D eigenvalue weighted by Gasteiger charge is -2.15. The first-order chi connectivity index (χ1) is 9.06. The molecule has 0 spiro atoms. The summed E-state index contributed by atoms with van der Waals surface area (Å²) in [5.41, 5.74) is 6.39. The van der Waals surface area contributed by atoms with E-state index in [1.165, 1.54) is 4.68 Å². The Balaban J connectivity index is 1.92. The monoisotopic (exact) mass is 279 g/mol. The van der Waals surface area contributed by atoms with Crippen molar-refractivity contribution in [3.05, 3.63) is 34.3 Å². The van der Waals surface area contributed by atoms with Gasteiger partial charge in [0.05, 0.1) is 18.4 Å². The lowest BCUT2D eigenvalue weighted by atomic mass is 10.3. The van der Waals surface area contributed by atoms with Gasteiger partial charge in [0.1, 0.15) is 6.54 Å². The van der Waals surface area contributed by atoms with Crippen LogP contribution >= 0.6 is 11.3 Å². The van der Waals surface area contributed by atoms with Crippen LogP contribution in [0.2, 0.25) is 0 Å². The molecule has 0 aromatic carbocycles. The van der Waals surface area contributed by atoms with Crippen molar-refractivity contribution in [1.82, 2.24) is 19.9 Å². The van der Waals surface area contributed by atoms with Crippen molar-refractivity contribution in [3.63, 3.8) is 0 Å². The molecule has 1 amide bonds. The van der Waals surface area contributed by atoms with Gasteiger partial charge in [-0.2, -0.15) is 0 Å². The van der Waals surface area contributed by atoms with Crippen LogP contribution in [-0.4, -0.2) is 32.8 Å². The smallest absolute Gasteiger partial charge is 0.244 e. The summed E-state index contributed by atoms with van der Waals surface area (Å²) in [6.07, 6.45) is 1.71. The maximum Gasteiger partial charge on any atom is 0.244 e. The average molecular weight is 279 g/mol. The Morgan fingerprint density at radius 2 is 2.42 bits per heavy atom. The molecule has 1 unspecified atom stereocenters. The van der Waals surface area contributed by atoms with E-state index in [1.54, 1.807) is 29.5 Å². The minimum Gasteiger partial charge on any atom is -0.339 e. The average Bonchev–Trinajstić information content (AvgIpc) is 2.99. The van der Waals surface area contributed by atoms with Crippen LogP contribution in [-0.2, 0) is 17.9 Å². The van der Waals surface area contributed by atoms with Crippen molar-refractivity contribution in [2.45, 2.75) is 26.1 Å². The molecule has 0 aliphatic heterocycles. The zero-order valence-electron chi connectivity index (χ0n) is 11.0. The first-order valence-corrected chi connectivity index (χ1v) is 6.86. The fourth-order valence-corrected chi connectivity index (χ4v) is 2.34. The number of thiophene rings is 1. The lowest BCUT2D eigenvalue weighted by Crippen LogP contribution is -2.29. The van der Waals surface area contributed by atoms with Crippen molar-refractivity contribution in [3.8, 4) is 0 Å². The van der Waals surface area contributed by atoms with Gasteiger partial charge in [0.2, 0.25) is 5.91 Å². The molecule has 1 atom stereocenters. The minimum absolute atomic E-state index is 0.00507. The molecule has 2 heterocycles. The molecule has 2 rings (SSSR count). The number of rotatable bonds is 5. The van der Waals surface area contributed by atoms with Gasteiger partial charge < -0.3 is 10.6 Å². The largest absolute Gasteiger partial charge is 0.339 e. The number of carbonyl (C=O) groups excluding carboxylic acids is 1. The molecular formula is C12H17N5OS. The van der Waals surface area contributed by atoms with Crippen LogP contribution in [0.25, 0.3) is 0 Å². The third-order valence-electron chi connectivity index (χ3n) is 2.72. The Kier molecular flexibility index (Phi) is 4.28. The summed E-state index contributed by atoms with van der Waals surface area (Å²) >= 11 is 1.64. The van der Waals surface area contributed by atoms with Crippen LogP contribution in [0.1, 0.15) is 23.5 Å². The number of hydrogen-bond donors (Lipinski definition) is 1. The number of amides is 1. The van der Waals surface area contributed by atoms with Gasteiger partial charge in [-0.15, -0.1) is 16.4 Å². The maximum atomic E-state index is 12.0. The van der Waals surface area contributed by atoms with E-state index in [1.807, 2.05) is 24.4 Å². The van der Waals surface area contributed by atoms with Crippen molar-refractivity contribution >= 4 is 17.2 Å². The fourth-order valence-electron chi connectivity index (χ4n) is 1.58. The summed E-state index contributed by atoms with van der Waals surface area (Å²) in [7, 11) is 1.78. The Morgan fingerprint density at radius 3 is 3.00 bits per heavy atom. The van der Waals surface area contributed by atoms with Gasteiger partial charge in [0.15, 0.2) is 0 Å². The van der Waals surface area contributed by atoms with Gasteiger partial charge in [0.25, 0.3) is 0 Å². The van der Waals surface area contributed by atoms with Gasteiger partial charge in [-0.05, 0) is 18.4 Å². The molecule has 102 valence electrons. The van der Waals surface area contributed by atoms with E-state index in [0.29, 0.717) is 12.2 Å². The molecule has 0 bridgehead atoms. The van der Waals surface area contributed by atoms with Gasteiger partial charge in [-0.1, -0.05) is 11.3 Å². The van der Waals surface area contributed by atoms with Crippen LogP contribution < -0.4 is 5.73 Å². The summed E-state index contributed by atoms with van der Waals surface area (Å²) in [4.78, 5) is 14.9. The number of nitrogens with two attached hydrogens (primary N) is 1. The second kappa shape index (κ2) is 5.94. The van der Waals surface area contributed by atoms with Gasteiger partial charge >= 0.3 is 0 Å². The second-order valence-electron chi connectivity index (χ2n) is 4.46. The zero-order valence-corrected chi connectivity index (χ0v) is 11.8. The third-order valence-corrected chi connectivity index (χ3v) is 3.58. The number of carbonyl (C=O) groups is 1. The summed E-state index contributed by atoms with van der Waals surface area (Å²) in [5, 5.41) is 9.82. The molecule has 2 N–H and O–H groups in total. The molecule has 19 heavy (non-hydrogen) atoms. The maximum absolute atomic E-state index is 12.0. The summed E-state index contributed by atoms with van der Waals surface area (Å²) < 4.78 is 1.52. The Labute approximate surface area is 115 Å². The highest BCUT2D eigenvalue weighted by atomic mass is 32.1. The molecular weight excluding hydrogens is 262 g/mol. The molecule has 0 aliphatic rings. The number of likely N-dealkylation sites (N-methyl/N-ethyl adjacent to an activating group) is 1. The van der Waals surface area contributed by atoms with E-state index in [-0.39, 0.29) is 18.5 Å². The molecule has 7 heteroatoms. The van der Waals surface area contributed by atoms with Crippen LogP contribution in [0.5, 0.6) is 0 Å². The molecule has 2 aromatic heterocycles. The third kappa shape index (κ3) is 3.62. The summed E-state index contributed by atoms with van der Waals surface area (Å²) in [6, 6.07) is 3.82. The molecule has 0 saturated carbocycles. The zero-order chi connectivity index (χ0) is 13.8. The highest BCUT2D eigenvalue weighted by molar-refractivity contribution is 7.09. The van der Waals surface area contributed by atoms with Gasteiger partial charge in [0, 0.05) is 18.0 Å². The number of nitrogens with zero attached hydrogens (tertiary/aromatic N) is 4. The standard InChI is InChI=1S/C12H17N5OS/c1-9(13)11-7-17(15-14-11)8-12(18)16(2)6-10-4-3-5-19-10/h3-5,7,9H,6,8,13H2,1-2H3. The first kappa shape index (κ1) is 13.7. The van der Waals surface area contributed by atoms with Crippen molar-refractivity contribution in [1.29, 1.82) is 0 Å². The normalized spacial score (nSPS) is 12.4. The van der Waals surface area contributed by atoms with Crippen LogP contribution in [0.4, 0.5) is 0 Å². The summed E-state index contributed by atoms with van der Waals surface area (Å²) in [5.74, 6) is -0.00507. The second-order valence-corrected chi connectivity index (χ2v) is 5.49. The number of aromatic nitrogens is 3. The molecule has 6 nitrogen and oxygen atoms in total. The van der Waals surface area contributed by atoms with Crippen LogP contribution in [0, 0.1) is 0 Å². The summed E-state index contributed by atoms with van der Waals surface area (Å²) in [6.45, 7) is 2.63. The van der Waals surface area contributed by atoms with E-state index in [4.69, 9.17) is 5.73 Å². The SMILES string of the molecule is CC(N)c1cn(CC(=O)N(C)Cc2cccs2)nn1. The van der Waals surface area contributed by atoms with E-state index < -0.39 is 0 Å². The molecule has 0 saturated heterocycles. The first-order valence-electron chi connectivity index (χ1n) is 5.98. The van der Waals surface area contributed by atoms with Crippen LogP contribution in [0.3, 0.4) is 0 Å². The van der Waals surface area contributed by atoms with E-state index in [9.17, 15) is 4.79 Å². The predicted molar refractivity (Wildman–Crippen MR) is 73.4 cm³/mol. The molecule has 0 aliphatic carbocycles. The molecule has 2 aromatic rings. The van der Waals surface area contributed by atoms with E-state index in [0.717, 1.165) is 4.88 Å². The fraction of sp³-hybridized carbons (Fsp3) is 0.417. The van der Waals surface area contributed by atoms with E-state index in [2.05, 4.69) is 10.3 Å². The quantitative estimate of drug-likeness (QED) is 0.886. The van der Waals surface area contributed by atoms with E-state index >= 15 is 0 Å². The Morgan fingerprint density at radius 1 is 1.63 bits per heavy atom.